The highest BCUT2D eigenvalue weighted by Crippen LogP contribution is 2.32. The molecule has 0 atom stereocenters. The third-order valence-corrected chi connectivity index (χ3v) is 6.42. The van der Waals surface area contributed by atoms with E-state index >= 15 is 0 Å². The zero-order chi connectivity index (χ0) is 22.1. The summed E-state index contributed by atoms with van der Waals surface area (Å²) in [6.45, 7) is 5.17. The first-order chi connectivity index (χ1) is 15.6. The van der Waals surface area contributed by atoms with Gasteiger partial charge in [-0.05, 0) is 42.2 Å². The monoisotopic (exact) mass is 433 g/mol. The van der Waals surface area contributed by atoms with Gasteiger partial charge in [0.15, 0.2) is 0 Å². The molecule has 2 aliphatic heterocycles. The van der Waals surface area contributed by atoms with Gasteiger partial charge in [-0.25, -0.2) is 4.79 Å². The minimum Gasteiger partial charge on any atom is -0.508 e. The first-order valence-corrected chi connectivity index (χ1v) is 11.2. The Morgan fingerprint density at radius 2 is 1.72 bits per heavy atom. The molecule has 0 aliphatic carbocycles. The molecule has 0 radical (unpaired) electrons. The van der Waals surface area contributed by atoms with Gasteiger partial charge in [0.1, 0.15) is 17.0 Å². The van der Waals surface area contributed by atoms with Gasteiger partial charge in [0.25, 0.3) is 0 Å². The van der Waals surface area contributed by atoms with Gasteiger partial charge in [-0.15, -0.1) is 0 Å². The summed E-state index contributed by atoms with van der Waals surface area (Å²) < 4.78 is 5.48. The van der Waals surface area contributed by atoms with Crippen molar-refractivity contribution < 1.29 is 14.3 Å². The van der Waals surface area contributed by atoms with E-state index in [9.17, 15) is 14.7 Å². The average molecular weight is 434 g/mol. The molecule has 2 aromatic carbocycles. The van der Waals surface area contributed by atoms with Crippen molar-refractivity contribution in [1.82, 2.24) is 9.80 Å². The Morgan fingerprint density at radius 3 is 2.50 bits per heavy atom. The van der Waals surface area contributed by atoms with Crippen molar-refractivity contribution in [2.75, 3.05) is 44.2 Å². The number of anilines is 1. The maximum absolute atomic E-state index is 13.2. The van der Waals surface area contributed by atoms with E-state index in [4.69, 9.17) is 4.42 Å². The molecule has 1 fully saturated rings. The maximum atomic E-state index is 13.2. The lowest BCUT2D eigenvalue weighted by Crippen LogP contribution is -2.51. The number of nitrogens with zero attached hydrogens (tertiary/aromatic N) is 3. The molecule has 7 heteroatoms. The minimum absolute atomic E-state index is 0.0748. The van der Waals surface area contributed by atoms with E-state index in [1.807, 2.05) is 6.07 Å². The van der Waals surface area contributed by atoms with Crippen LogP contribution < -0.4 is 10.5 Å². The van der Waals surface area contributed by atoms with Crippen LogP contribution in [0.3, 0.4) is 0 Å². The molecule has 0 saturated carbocycles. The van der Waals surface area contributed by atoms with Crippen LogP contribution in [-0.2, 0) is 17.8 Å². The predicted molar refractivity (Wildman–Crippen MR) is 123 cm³/mol. The topological polar surface area (TPSA) is 77.2 Å². The highest BCUT2D eigenvalue weighted by molar-refractivity contribution is 5.98. The number of phenols is 1. The average Bonchev–Trinajstić information content (AvgIpc) is 2.81. The van der Waals surface area contributed by atoms with Crippen molar-refractivity contribution in [3.8, 4) is 5.75 Å². The van der Waals surface area contributed by atoms with Crippen molar-refractivity contribution in [3.05, 3.63) is 70.1 Å². The van der Waals surface area contributed by atoms with Crippen molar-refractivity contribution >= 4 is 22.6 Å². The van der Waals surface area contributed by atoms with E-state index in [1.54, 1.807) is 17.0 Å². The number of aryl methyl sites for hydroxylation is 1. The van der Waals surface area contributed by atoms with Crippen molar-refractivity contribution in [2.45, 2.75) is 19.4 Å². The molecule has 0 spiro atoms. The quantitative estimate of drug-likeness (QED) is 0.638. The lowest BCUT2D eigenvalue weighted by atomic mass is 9.98. The second kappa shape index (κ2) is 8.76. The number of benzene rings is 2. The Bertz CT molecular complexity index is 1180. The molecule has 3 aromatic rings. The van der Waals surface area contributed by atoms with E-state index in [1.165, 1.54) is 11.6 Å². The van der Waals surface area contributed by atoms with E-state index in [2.05, 4.69) is 34.1 Å². The number of phenolic OH excluding ortho intramolecular Hbond substituents is 1. The normalized spacial score (nSPS) is 17.4. The number of hydrogen-bond acceptors (Lipinski definition) is 6. The van der Waals surface area contributed by atoms with Crippen LogP contribution in [0.5, 0.6) is 5.75 Å². The number of rotatable bonds is 4. The van der Waals surface area contributed by atoms with Crippen molar-refractivity contribution in [3.63, 3.8) is 0 Å². The Kier molecular flexibility index (Phi) is 5.68. The molecular formula is C25H27N3O4. The standard InChI is InChI=1S/C25H27N3O4/c29-19-8-9-22-21(15-19)20-7-4-10-28(24(20)25(31)32-22)23(30)17-27-13-11-26(12-14-27)16-18-5-2-1-3-6-18/h1-3,5-6,8-9,15,29H,4,7,10-14,16-17H2. The number of hydrogen-bond donors (Lipinski definition) is 1. The zero-order valence-corrected chi connectivity index (χ0v) is 18.0. The van der Waals surface area contributed by atoms with Gasteiger partial charge in [-0.2, -0.15) is 0 Å². The zero-order valence-electron chi connectivity index (χ0n) is 18.0. The summed E-state index contributed by atoms with van der Waals surface area (Å²) >= 11 is 0. The molecule has 32 heavy (non-hydrogen) atoms. The minimum atomic E-state index is -0.487. The van der Waals surface area contributed by atoms with Crippen LogP contribution in [0.25, 0.3) is 11.0 Å². The number of aromatic hydroxyl groups is 1. The van der Waals surface area contributed by atoms with E-state index < -0.39 is 5.63 Å². The third kappa shape index (κ3) is 4.13. The Morgan fingerprint density at radius 1 is 0.969 bits per heavy atom. The molecule has 0 unspecified atom stereocenters. The van der Waals surface area contributed by atoms with Crippen LogP contribution in [0.1, 0.15) is 17.5 Å². The Labute approximate surface area is 186 Å². The van der Waals surface area contributed by atoms with Gasteiger partial charge >= 0.3 is 5.63 Å². The predicted octanol–water partition coefficient (Wildman–Crippen LogP) is 2.60. The summed E-state index contributed by atoms with van der Waals surface area (Å²) in [6.07, 6.45) is 1.46. The molecule has 1 aromatic heterocycles. The number of amides is 1. The second-order valence-electron chi connectivity index (χ2n) is 8.58. The Balaban J connectivity index is 1.28. The van der Waals surface area contributed by atoms with Gasteiger partial charge in [0.2, 0.25) is 5.91 Å². The second-order valence-corrected chi connectivity index (χ2v) is 8.58. The van der Waals surface area contributed by atoms with Gasteiger partial charge < -0.3 is 14.4 Å². The SMILES string of the molecule is O=C(CN1CCN(Cc2ccccc2)CC1)N1CCCc2c1c(=O)oc1ccc(O)cc21. The van der Waals surface area contributed by atoms with E-state index in [0.29, 0.717) is 29.6 Å². The van der Waals surface area contributed by atoms with Crippen LogP contribution >= 0.6 is 0 Å². The number of piperazine rings is 1. The molecule has 166 valence electrons. The summed E-state index contributed by atoms with van der Waals surface area (Å²) in [7, 11) is 0. The molecule has 1 amide bonds. The van der Waals surface area contributed by atoms with Crippen LogP contribution in [0.4, 0.5) is 5.69 Å². The lowest BCUT2D eigenvalue weighted by molar-refractivity contribution is -0.120. The fraction of sp³-hybridized carbons (Fsp3) is 0.360. The molecule has 0 bridgehead atoms. The number of carbonyl (C=O) groups is 1. The highest BCUT2D eigenvalue weighted by atomic mass is 16.4. The first-order valence-electron chi connectivity index (χ1n) is 11.2. The van der Waals surface area contributed by atoms with Gasteiger partial charge in [-0.1, -0.05) is 30.3 Å². The molecule has 2 aliphatic rings. The maximum Gasteiger partial charge on any atom is 0.360 e. The van der Waals surface area contributed by atoms with Crippen LogP contribution in [-0.4, -0.2) is 60.1 Å². The van der Waals surface area contributed by atoms with E-state index in [0.717, 1.165) is 44.7 Å². The van der Waals surface area contributed by atoms with Crippen LogP contribution in [0.15, 0.2) is 57.7 Å². The van der Waals surface area contributed by atoms with Crippen molar-refractivity contribution in [2.24, 2.45) is 0 Å². The molecular weight excluding hydrogens is 406 g/mol. The largest absolute Gasteiger partial charge is 0.508 e. The third-order valence-electron chi connectivity index (χ3n) is 6.42. The van der Waals surface area contributed by atoms with Crippen LogP contribution in [0.2, 0.25) is 0 Å². The smallest absolute Gasteiger partial charge is 0.360 e. The van der Waals surface area contributed by atoms with Crippen LogP contribution in [0, 0.1) is 0 Å². The number of fused-ring (bicyclic) bond motifs is 3. The summed E-state index contributed by atoms with van der Waals surface area (Å²) in [4.78, 5) is 32.1. The van der Waals surface area contributed by atoms with Gasteiger partial charge in [0, 0.05) is 44.7 Å². The Hall–Kier alpha value is -3.16. The molecule has 1 N–H and O–H groups in total. The summed E-state index contributed by atoms with van der Waals surface area (Å²) in [5.74, 6) is 0.0413. The molecule has 1 saturated heterocycles. The molecule has 3 heterocycles. The van der Waals surface area contributed by atoms with E-state index in [-0.39, 0.29) is 18.2 Å². The molecule has 7 nitrogen and oxygen atoms in total. The first kappa shape index (κ1) is 20.7. The number of carbonyl (C=O) groups excluding carboxylic acids is 1. The summed E-state index contributed by atoms with van der Waals surface area (Å²) in [5, 5.41) is 10.6. The van der Waals surface area contributed by atoms with Gasteiger partial charge in [-0.3, -0.25) is 14.6 Å². The fourth-order valence-corrected chi connectivity index (χ4v) is 4.77. The lowest BCUT2D eigenvalue weighted by Gasteiger charge is -2.36. The van der Waals surface area contributed by atoms with Gasteiger partial charge in [0.05, 0.1) is 6.54 Å². The molecule has 5 rings (SSSR count). The fourth-order valence-electron chi connectivity index (χ4n) is 4.77. The van der Waals surface area contributed by atoms with Crippen molar-refractivity contribution in [1.29, 1.82) is 0 Å². The summed E-state index contributed by atoms with van der Waals surface area (Å²) in [5.41, 5.74) is 2.38. The summed E-state index contributed by atoms with van der Waals surface area (Å²) in [6, 6.07) is 15.1. The highest BCUT2D eigenvalue weighted by Gasteiger charge is 2.30.